The molecular formula is C9H11NS. The monoisotopic (exact) mass is 165 g/mol. The molecule has 1 rings (SSSR count). The number of thiazole rings is 1. The quantitative estimate of drug-likeness (QED) is 0.656. The molecule has 0 aliphatic carbocycles. The van der Waals surface area contributed by atoms with E-state index in [9.17, 15) is 0 Å². The lowest BCUT2D eigenvalue weighted by molar-refractivity contribution is 1.25. The van der Waals surface area contributed by atoms with Crippen molar-refractivity contribution in [3.05, 3.63) is 28.7 Å². The molecule has 0 bridgehead atoms. The highest BCUT2D eigenvalue weighted by Crippen LogP contribution is 2.23. The molecule has 11 heavy (non-hydrogen) atoms. The van der Waals surface area contributed by atoms with Crippen molar-refractivity contribution < 1.29 is 0 Å². The fourth-order valence-electron chi connectivity index (χ4n) is 0.887. The molecule has 0 fully saturated rings. The lowest BCUT2D eigenvalue weighted by Crippen LogP contribution is -1.80. The molecule has 58 valence electrons. The van der Waals surface area contributed by atoms with Crippen LogP contribution in [-0.2, 0) is 0 Å². The molecule has 1 heterocycles. The van der Waals surface area contributed by atoms with Crippen molar-refractivity contribution >= 4 is 23.0 Å². The summed E-state index contributed by atoms with van der Waals surface area (Å²) in [5, 5.41) is 1.07. The van der Waals surface area contributed by atoms with Crippen molar-refractivity contribution in [3.8, 4) is 0 Å². The Labute approximate surface area is 71.1 Å². The molecule has 0 saturated carbocycles. The number of hydrogen-bond donors (Lipinski definition) is 0. The van der Waals surface area contributed by atoms with Gasteiger partial charge in [0.1, 0.15) is 0 Å². The summed E-state index contributed by atoms with van der Waals surface area (Å²) in [4.78, 5) is 5.45. The van der Waals surface area contributed by atoms with Crippen LogP contribution in [0.3, 0.4) is 0 Å². The summed E-state index contributed by atoms with van der Waals surface area (Å²) in [6, 6.07) is 0. The van der Waals surface area contributed by atoms with E-state index in [-0.39, 0.29) is 0 Å². The van der Waals surface area contributed by atoms with Crippen LogP contribution in [0.4, 0.5) is 0 Å². The molecule has 0 N–H and O–H groups in total. The predicted octanol–water partition coefficient (Wildman–Crippen LogP) is 3.13. The SMILES string of the molecule is C=Cc1sc(C)nc1C(=C)C. The molecule has 2 heteroatoms. The van der Waals surface area contributed by atoms with Gasteiger partial charge < -0.3 is 0 Å². The average molecular weight is 165 g/mol. The van der Waals surface area contributed by atoms with Gasteiger partial charge in [-0.25, -0.2) is 4.98 Å². The van der Waals surface area contributed by atoms with Crippen LogP contribution in [0.25, 0.3) is 11.6 Å². The standard InChI is InChI=1S/C9H11NS/c1-5-8-9(6(2)3)10-7(4)11-8/h5H,1-2H2,3-4H3. The molecule has 0 atom stereocenters. The Kier molecular flexibility index (Phi) is 2.25. The molecule has 1 aromatic heterocycles. The molecule has 1 aromatic rings. The second-order valence-electron chi connectivity index (χ2n) is 2.43. The highest BCUT2D eigenvalue weighted by Gasteiger charge is 2.05. The summed E-state index contributed by atoms with van der Waals surface area (Å²) in [5.41, 5.74) is 1.99. The van der Waals surface area contributed by atoms with Crippen LogP contribution in [0.1, 0.15) is 22.5 Å². The van der Waals surface area contributed by atoms with Crippen molar-refractivity contribution in [2.45, 2.75) is 13.8 Å². The Morgan fingerprint density at radius 2 is 2.27 bits per heavy atom. The van der Waals surface area contributed by atoms with Crippen LogP contribution >= 0.6 is 11.3 Å². The van der Waals surface area contributed by atoms with Crippen LogP contribution in [-0.4, -0.2) is 4.98 Å². The maximum absolute atomic E-state index is 4.33. The van der Waals surface area contributed by atoms with E-state index < -0.39 is 0 Å². The number of nitrogens with zero attached hydrogens (tertiary/aromatic N) is 1. The predicted molar refractivity (Wildman–Crippen MR) is 51.7 cm³/mol. The van der Waals surface area contributed by atoms with E-state index in [2.05, 4.69) is 18.1 Å². The van der Waals surface area contributed by atoms with Gasteiger partial charge in [-0.3, -0.25) is 0 Å². The zero-order chi connectivity index (χ0) is 8.43. The topological polar surface area (TPSA) is 12.9 Å². The molecule has 0 spiro atoms. The third-order valence-electron chi connectivity index (χ3n) is 1.35. The molecule has 1 nitrogen and oxygen atoms in total. The number of hydrogen-bond acceptors (Lipinski definition) is 2. The third-order valence-corrected chi connectivity index (χ3v) is 2.32. The Morgan fingerprint density at radius 1 is 1.64 bits per heavy atom. The molecule has 0 aliphatic heterocycles. The number of rotatable bonds is 2. The van der Waals surface area contributed by atoms with E-state index in [0.29, 0.717) is 0 Å². The van der Waals surface area contributed by atoms with Crippen molar-refractivity contribution in [1.29, 1.82) is 0 Å². The summed E-state index contributed by atoms with van der Waals surface area (Å²) in [6.45, 7) is 11.5. The normalized spacial score (nSPS) is 9.64. The smallest absolute Gasteiger partial charge is 0.0907 e. The first-order chi connectivity index (χ1) is 5.15. The summed E-state index contributed by atoms with van der Waals surface area (Å²) in [6.07, 6.45) is 1.83. The van der Waals surface area contributed by atoms with Crippen LogP contribution in [0.5, 0.6) is 0 Å². The van der Waals surface area contributed by atoms with E-state index in [1.54, 1.807) is 11.3 Å². The van der Waals surface area contributed by atoms with Crippen LogP contribution in [0.2, 0.25) is 0 Å². The minimum atomic E-state index is 0.988. The van der Waals surface area contributed by atoms with E-state index in [1.807, 2.05) is 19.9 Å². The lowest BCUT2D eigenvalue weighted by atomic mass is 10.2. The first-order valence-electron chi connectivity index (χ1n) is 3.41. The van der Waals surface area contributed by atoms with Crippen LogP contribution in [0.15, 0.2) is 13.2 Å². The maximum atomic E-state index is 4.33. The maximum Gasteiger partial charge on any atom is 0.0907 e. The minimum Gasteiger partial charge on any atom is -0.241 e. The second kappa shape index (κ2) is 3.01. The highest BCUT2D eigenvalue weighted by molar-refractivity contribution is 7.12. The van der Waals surface area contributed by atoms with Crippen molar-refractivity contribution in [1.82, 2.24) is 4.98 Å². The number of aromatic nitrogens is 1. The summed E-state index contributed by atoms with van der Waals surface area (Å²) < 4.78 is 0. The van der Waals surface area contributed by atoms with Gasteiger partial charge in [0.15, 0.2) is 0 Å². The summed E-state index contributed by atoms with van der Waals surface area (Å²) >= 11 is 1.65. The van der Waals surface area contributed by atoms with Gasteiger partial charge in [-0.2, -0.15) is 0 Å². The fraction of sp³-hybridized carbons (Fsp3) is 0.222. The van der Waals surface area contributed by atoms with Gasteiger partial charge in [-0.15, -0.1) is 11.3 Å². The fourth-order valence-corrected chi connectivity index (χ4v) is 1.74. The first-order valence-corrected chi connectivity index (χ1v) is 4.22. The van der Waals surface area contributed by atoms with Crippen molar-refractivity contribution in [2.24, 2.45) is 0 Å². The third kappa shape index (κ3) is 1.57. The molecule has 0 aliphatic rings. The summed E-state index contributed by atoms with van der Waals surface area (Å²) in [5.74, 6) is 0. The Bertz CT molecular complexity index is 297. The largest absolute Gasteiger partial charge is 0.241 e. The van der Waals surface area contributed by atoms with Crippen molar-refractivity contribution in [2.75, 3.05) is 0 Å². The molecule has 0 radical (unpaired) electrons. The van der Waals surface area contributed by atoms with Crippen LogP contribution in [0, 0.1) is 6.92 Å². The van der Waals surface area contributed by atoms with Gasteiger partial charge in [0.25, 0.3) is 0 Å². The van der Waals surface area contributed by atoms with E-state index >= 15 is 0 Å². The van der Waals surface area contributed by atoms with E-state index in [0.717, 1.165) is 21.2 Å². The van der Waals surface area contributed by atoms with Gasteiger partial charge in [0.2, 0.25) is 0 Å². The number of allylic oxidation sites excluding steroid dienone is 1. The van der Waals surface area contributed by atoms with E-state index in [4.69, 9.17) is 0 Å². The molecule has 0 saturated heterocycles. The summed E-state index contributed by atoms with van der Waals surface area (Å²) in [7, 11) is 0. The number of aryl methyl sites for hydroxylation is 1. The molecule has 0 amide bonds. The second-order valence-corrected chi connectivity index (χ2v) is 3.66. The average Bonchev–Trinajstić information content (AvgIpc) is 2.30. The highest BCUT2D eigenvalue weighted by atomic mass is 32.1. The Hall–Kier alpha value is -0.890. The van der Waals surface area contributed by atoms with Gasteiger partial charge in [-0.1, -0.05) is 13.2 Å². The van der Waals surface area contributed by atoms with Crippen molar-refractivity contribution in [3.63, 3.8) is 0 Å². The molecule has 0 unspecified atom stereocenters. The Morgan fingerprint density at radius 3 is 2.64 bits per heavy atom. The zero-order valence-corrected chi connectivity index (χ0v) is 7.66. The minimum absolute atomic E-state index is 0.988. The van der Waals surface area contributed by atoms with E-state index in [1.165, 1.54) is 0 Å². The Balaban J connectivity index is 3.22. The van der Waals surface area contributed by atoms with Gasteiger partial charge >= 0.3 is 0 Å². The van der Waals surface area contributed by atoms with Gasteiger partial charge in [0, 0.05) is 0 Å². The van der Waals surface area contributed by atoms with Gasteiger partial charge in [-0.05, 0) is 25.5 Å². The molecule has 0 aromatic carbocycles. The zero-order valence-electron chi connectivity index (χ0n) is 6.85. The van der Waals surface area contributed by atoms with Gasteiger partial charge in [0.05, 0.1) is 15.6 Å². The molecular weight excluding hydrogens is 154 g/mol. The first kappa shape index (κ1) is 8.21. The lowest BCUT2D eigenvalue weighted by Gasteiger charge is -1.92. The van der Waals surface area contributed by atoms with Crippen LogP contribution < -0.4 is 0 Å².